The van der Waals surface area contributed by atoms with Crippen LogP contribution in [0.25, 0.3) is 0 Å². The van der Waals surface area contributed by atoms with Crippen LogP contribution in [0.5, 0.6) is 0 Å². The molecule has 0 aliphatic carbocycles. The van der Waals surface area contributed by atoms with Crippen molar-refractivity contribution in [2.45, 2.75) is 0 Å². The molecule has 0 N–H and O–H groups in total. The van der Waals surface area contributed by atoms with Gasteiger partial charge < -0.3 is 34.9 Å². The molecule has 5 nitrogen and oxygen atoms in total. The molecule has 0 spiro atoms. The van der Waals surface area contributed by atoms with Crippen LogP contribution < -0.4 is 0 Å². The Morgan fingerprint density at radius 1 is 1.17 bits per heavy atom. The average Bonchev–Trinajstić information content (AvgIpc) is 2.95. The van der Waals surface area contributed by atoms with Crippen LogP contribution in [0, 0.1) is 44.2 Å². The molecule has 0 saturated heterocycles. The van der Waals surface area contributed by atoms with Crippen LogP contribution in [0.15, 0.2) is 18.7 Å². The molecule has 1 unspecified atom stereocenters. The number of hydrogen-bond acceptors (Lipinski definition) is 2. The molecule has 0 aliphatic heterocycles. The first-order valence-electron chi connectivity index (χ1n) is 3.38. The number of rotatable bonds is 2. The van der Waals surface area contributed by atoms with E-state index in [-0.39, 0.29) is 26.8 Å². The van der Waals surface area contributed by atoms with Gasteiger partial charge in [-0.15, -0.1) is 6.58 Å². The van der Waals surface area contributed by atoms with Gasteiger partial charge in [0.05, 0.1) is 0 Å². The Hall–Kier alpha value is -0.892. The second-order valence-electron chi connectivity index (χ2n) is 1.44. The van der Waals surface area contributed by atoms with Gasteiger partial charge >= 0.3 is 33.9 Å². The van der Waals surface area contributed by atoms with Crippen molar-refractivity contribution < 1.29 is 43.8 Å². The molecular weight excluding hydrogens is 340 g/mol. The van der Waals surface area contributed by atoms with E-state index in [2.05, 4.69) is 50.8 Å². The molecule has 1 aromatic carbocycles. The largest absolute Gasteiger partial charge is 0.999 e. The van der Waals surface area contributed by atoms with Gasteiger partial charge in [0, 0.05) is 26.8 Å². The van der Waals surface area contributed by atoms with E-state index >= 15 is 0 Å². The Morgan fingerprint density at radius 2 is 1.50 bits per heavy atom. The van der Waals surface area contributed by atoms with Gasteiger partial charge in [-0.25, -0.2) is 0 Å². The van der Waals surface area contributed by atoms with Gasteiger partial charge in [-0.2, -0.15) is 0 Å². The maximum absolute atomic E-state index is 9.53. The fourth-order valence-electron chi connectivity index (χ4n) is 0.277. The molecule has 1 aromatic rings. The zero-order chi connectivity index (χ0) is 14.5. The van der Waals surface area contributed by atoms with Crippen LogP contribution in [0.4, 0.5) is 0 Å². The van der Waals surface area contributed by atoms with Gasteiger partial charge in [0.15, 0.2) is 0 Å². The van der Waals surface area contributed by atoms with E-state index in [1.807, 2.05) is 0 Å². The van der Waals surface area contributed by atoms with E-state index in [1.165, 1.54) is 6.08 Å². The van der Waals surface area contributed by atoms with Gasteiger partial charge in [0.2, 0.25) is 0 Å². The van der Waals surface area contributed by atoms with Crippen molar-refractivity contribution in [1.29, 1.82) is 0 Å². The van der Waals surface area contributed by atoms with Crippen molar-refractivity contribution in [3.8, 4) is 0 Å². The SMILES string of the molecule is C=CCS(=O)[O-].[C-]#[O+].[C-]#[O+].[C-]#[O+].[Mo].[c-]1[c-][c-][cH-][c-]1. The molecule has 0 fully saturated rings. The summed E-state index contributed by atoms with van der Waals surface area (Å²) in [5.41, 5.74) is 0. The minimum absolute atomic E-state index is 0. The minimum Gasteiger partial charge on any atom is -0.999 e. The molecule has 0 aliphatic rings. The summed E-state index contributed by atoms with van der Waals surface area (Å²) < 4.78 is 41.6. The van der Waals surface area contributed by atoms with E-state index in [9.17, 15) is 8.76 Å². The predicted molar refractivity (Wildman–Crippen MR) is 53.2 cm³/mol. The Labute approximate surface area is 123 Å². The van der Waals surface area contributed by atoms with E-state index in [0.717, 1.165) is 0 Å². The normalized spacial score (nSPS) is 7.06. The molecule has 0 aromatic heterocycles. The maximum atomic E-state index is 9.53. The summed E-state index contributed by atoms with van der Waals surface area (Å²) in [6.45, 7) is 16.7. The average molecular weight is 346 g/mol. The van der Waals surface area contributed by atoms with Crippen molar-refractivity contribution in [2.75, 3.05) is 5.75 Å². The van der Waals surface area contributed by atoms with Gasteiger partial charge in [0.1, 0.15) is 0 Å². The van der Waals surface area contributed by atoms with Crippen LogP contribution in [0.1, 0.15) is 0 Å². The first-order valence-corrected chi connectivity index (χ1v) is 4.62. The smallest absolute Gasteiger partial charge is 0 e. The Balaban J connectivity index is -0.0000000428. The zero-order valence-electron chi connectivity index (χ0n) is 8.93. The van der Waals surface area contributed by atoms with Crippen LogP contribution in [0.2, 0.25) is 0 Å². The van der Waals surface area contributed by atoms with E-state index < -0.39 is 11.1 Å². The first kappa shape index (κ1) is 30.3. The quantitative estimate of drug-likeness (QED) is 0.257. The molecule has 0 saturated carbocycles. The molecule has 0 radical (unpaired) electrons. The summed E-state index contributed by atoms with van der Waals surface area (Å²) in [5, 5.41) is 0. The third kappa shape index (κ3) is 59.5. The molecule has 18 heavy (non-hydrogen) atoms. The van der Waals surface area contributed by atoms with Crippen LogP contribution in [0.3, 0.4) is 0 Å². The number of hydrogen-bond donors (Lipinski definition) is 0. The van der Waals surface area contributed by atoms with Crippen LogP contribution >= 0.6 is 0 Å². The molecule has 0 amide bonds. The monoisotopic (exact) mass is 348 g/mol. The Bertz CT molecular complexity index is 271. The summed E-state index contributed by atoms with van der Waals surface area (Å²) >= 11 is -1.93. The van der Waals surface area contributed by atoms with Crippen molar-refractivity contribution in [3.05, 3.63) is 62.9 Å². The molecule has 1 rings (SSSR count). The van der Waals surface area contributed by atoms with Gasteiger partial charge in [-0.3, -0.25) is 4.21 Å². The van der Waals surface area contributed by atoms with Crippen molar-refractivity contribution in [2.24, 2.45) is 0 Å². The van der Waals surface area contributed by atoms with E-state index in [0.29, 0.717) is 0 Å². The van der Waals surface area contributed by atoms with Crippen molar-refractivity contribution >= 4 is 11.1 Å². The van der Waals surface area contributed by atoms with Gasteiger partial charge in [-0.1, -0.05) is 17.2 Å². The van der Waals surface area contributed by atoms with E-state index in [1.54, 1.807) is 6.07 Å². The molecular formula is C11H6MoO5S-6. The van der Waals surface area contributed by atoms with Crippen LogP contribution in [-0.2, 0) is 46.1 Å². The summed E-state index contributed by atoms with van der Waals surface area (Å²) in [6, 6.07) is 12.0. The molecule has 7 heteroatoms. The maximum Gasteiger partial charge on any atom is 0 e. The van der Waals surface area contributed by atoms with Gasteiger partial charge in [0.25, 0.3) is 0 Å². The Morgan fingerprint density at radius 3 is 1.56 bits per heavy atom. The van der Waals surface area contributed by atoms with E-state index in [4.69, 9.17) is 14.0 Å². The summed E-state index contributed by atoms with van der Waals surface area (Å²) in [4.78, 5) is 0. The molecule has 0 bridgehead atoms. The predicted octanol–water partition coefficient (Wildman–Crippen LogP) is 0.543. The Kier molecular flexibility index (Phi) is 74.6. The third-order valence-corrected chi connectivity index (χ3v) is 1.11. The summed E-state index contributed by atoms with van der Waals surface area (Å²) in [6.07, 6.45) is 1.34. The summed E-state index contributed by atoms with van der Waals surface area (Å²) in [7, 11) is 0. The third-order valence-electron chi connectivity index (χ3n) is 0.605. The second-order valence-corrected chi connectivity index (χ2v) is 2.38. The molecule has 0 heterocycles. The topological polar surface area (TPSA) is 99.8 Å². The fourth-order valence-corrected chi connectivity index (χ4v) is 0.469. The second kappa shape index (κ2) is 44.3. The minimum atomic E-state index is -1.93. The standard InChI is InChI=1S/C5H.C3H6O2S.3CO.Mo/c1-2-4-5-3-1;1-2-3-6(4)5;3*1-2;/h1H;2H,1,3H2,(H,4,5);;;;/q-5;;;;;/p-1. The fraction of sp³-hybridized carbons (Fsp3) is 0.0909. The zero-order valence-corrected chi connectivity index (χ0v) is 11.8. The molecule has 1 atom stereocenters. The molecule has 98 valence electrons. The first-order chi connectivity index (χ1) is 8.27. The van der Waals surface area contributed by atoms with Gasteiger partial charge in [-0.05, 0) is 0 Å². The van der Waals surface area contributed by atoms with Crippen LogP contribution in [-0.4, -0.2) is 14.5 Å². The van der Waals surface area contributed by atoms with Crippen molar-refractivity contribution in [1.82, 2.24) is 0 Å². The van der Waals surface area contributed by atoms with Crippen molar-refractivity contribution in [3.63, 3.8) is 0 Å². The summed E-state index contributed by atoms with van der Waals surface area (Å²) in [5.74, 6) is 0.0556.